The van der Waals surface area contributed by atoms with Crippen LogP contribution >= 0.6 is 0 Å². The van der Waals surface area contributed by atoms with Gasteiger partial charge >= 0.3 is 0 Å². The molecule has 5 nitrogen and oxygen atoms in total. The Morgan fingerprint density at radius 3 is 2.95 bits per heavy atom. The predicted octanol–water partition coefficient (Wildman–Crippen LogP) is 0.734. The number of carbonyl (C=O) groups is 1. The Hall–Kier alpha value is -1.36. The van der Waals surface area contributed by atoms with E-state index in [1.54, 1.807) is 0 Å². The minimum atomic E-state index is 0.0738. The van der Waals surface area contributed by atoms with Crippen molar-refractivity contribution in [3.8, 4) is 0 Å². The molecule has 2 saturated heterocycles. The lowest BCUT2D eigenvalue weighted by atomic mass is 9.89. The van der Waals surface area contributed by atoms with E-state index in [0.29, 0.717) is 11.9 Å². The second-order valence-electron chi connectivity index (χ2n) is 5.84. The van der Waals surface area contributed by atoms with Crippen LogP contribution in [0.4, 0.5) is 0 Å². The van der Waals surface area contributed by atoms with E-state index in [9.17, 15) is 4.79 Å². The van der Waals surface area contributed by atoms with Gasteiger partial charge in [-0.1, -0.05) is 0 Å². The zero-order valence-corrected chi connectivity index (χ0v) is 11.7. The van der Waals surface area contributed by atoms with Crippen molar-refractivity contribution in [1.29, 1.82) is 0 Å². The molecule has 3 heterocycles. The smallest absolute Gasteiger partial charge is 0.227 e. The zero-order chi connectivity index (χ0) is 13.4. The lowest BCUT2D eigenvalue weighted by molar-refractivity contribution is -0.135. The molecular weight excluding hydrogens is 240 g/mol. The van der Waals surface area contributed by atoms with E-state index >= 15 is 0 Å². The van der Waals surface area contributed by atoms with Crippen LogP contribution in [0.5, 0.6) is 0 Å². The highest BCUT2D eigenvalue weighted by Crippen LogP contribution is 2.31. The Morgan fingerprint density at radius 2 is 2.32 bits per heavy atom. The molecule has 19 heavy (non-hydrogen) atoms. The fraction of sp³-hybridized carbons (Fsp3) is 0.714. The molecule has 3 atom stereocenters. The molecule has 0 radical (unpaired) electrons. The quantitative estimate of drug-likeness (QED) is 0.855. The zero-order valence-electron chi connectivity index (χ0n) is 11.7. The summed E-state index contributed by atoms with van der Waals surface area (Å²) in [6, 6.07) is 0.405. The number of carbonyl (C=O) groups excluding carboxylic acids is 1. The van der Waals surface area contributed by atoms with Gasteiger partial charge in [0.1, 0.15) is 0 Å². The molecule has 2 aliphatic heterocycles. The first kappa shape index (κ1) is 12.7. The first-order chi connectivity index (χ1) is 9.16. The van der Waals surface area contributed by atoms with Gasteiger partial charge in [-0.3, -0.25) is 9.48 Å². The second-order valence-corrected chi connectivity index (χ2v) is 5.84. The van der Waals surface area contributed by atoms with Gasteiger partial charge in [-0.25, -0.2) is 0 Å². The number of rotatable bonds is 2. The molecule has 1 unspecified atom stereocenters. The van der Waals surface area contributed by atoms with Crippen LogP contribution in [0.3, 0.4) is 0 Å². The molecule has 1 amide bonds. The topological polar surface area (TPSA) is 50.2 Å². The Morgan fingerprint density at radius 1 is 1.47 bits per heavy atom. The molecular formula is C14H22N4O. The highest BCUT2D eigenvalue weighted by atomic mass is 16.2. The molecule has 0 aliphatic carbocycles. The summed E-state index contributed by atoms with van der Waals surface area (Å²) < 4.78 is 1.81. The summed E-state index contributed by atoms with van der Waals surface area (Å²) in [4.78, 5) is 14.8. The van der Waals surface area contributed by atoms with E-state index in [1.165, 1.54) is 5.56 Å². The molecule has 0 bridgehead atoms. The van der Waals surface area contributed by atoms with E-state index in [-0.39, 0.29) is 11.8 Å². The van der Waals surface area contributed by atoms with E-state index < -0.39 is 0 Å². The van der Waals surface area contributed by atoms with Gasteiger partial charge in [0.15, 0.2) is 0 Å². The summed E-state index contributed by atoms with van der Waals surface area (Å²) >= 11 is 0. The third-order valence-corrected chi connectivity index (χ3v) is 4.52. The van der Waals surface area contributed by atoms with Crippen molar-refractivity contribution in [2.75, 3.05) is 19.6 Å². The van der Waals surface area contributed by atoms with Crippen LogP contribution in [0.15, 0.2) is 12.4 Å². The average molecular weight is 262 g/mol. The third kappa shape index (κ3) is 2.27. The lowest BCUT2D eigenvalue weighted by Gasteiger charge is -2.27. The van der Waals surface area contributed by atoms with Crippen molar-refractivity contribution in [2.24, 2.45) is 13.0 Å². The second kappa shape index (κ2) is 4.96. The van der Waals surface area contributed by atoms with Crippen molar-refractivity contribution in [1.82, 2.24) is 20.0 Å². The fourth-order valence-corrected chi connectivity index (χ4v) is 3.39. The van der Waals surface area contributed by atoms with Crippen molar-refractivity contribution in [2.45, 2.75) is 31.7 Å². The van der Waals surface area contributed by atoms with Gasteiger partial charge in [-0.15, -0.1) is 0 Å². The van der Waals surface area contributed by atoms with Crippen molar-refractivity contribution >= 4 is 5.91 Å². The summed E-state index contributed by atoms with van der Waals surface area (Å²) in [6.45, 7) is 4.76. The molecule has 0 aromatic carbocycles. The fourth-order valence-electron chi connectivity index (χ4n) is 3.39. The number of aromatic nitrogens is 2. The summed E-state index contributed by atoms with van der Waals surface area (Å²) in [5.41, 5.74) is 1.18. The van der Waals surface area contributed by atoms with Crippen molar-refractivity contribution < 1.29 is 4.79 Å². The Balaban J connectivity index is 1.77. The Bertz CT molecular complexity index is 470. The van der Waals surface area contributed by atoms with Crippen molar-refractivity contribution in [3.63, 3.8) is 0 Å². The number of hydrogen-bond acceptors (Lipinski definition) is 3. The van der Waals surface area contributed by atoms with Gasteiger partial charge in [-0.2, -0.15) is 5.10 Å². The molecule has 1 aromatic heterocycles. The lowest BCUT2D eigenvalue weighted by Crippen LogP contribution is -2.40. The maximum atomic E-state index is 12.7. The van der Waals surface area contributed by atoms with E-state index in [4.69, 9.17) is 0 Å². The SMILES string of the molecule is CC1CCCN1C(=O)[C@H]1CNC[C@@H]1c1cnn(C)c1. The molecule has 2 aliphatic rings. The minimum Gasteiger partial charge on any atom is -0.340 e. The van der Waals surface area contributed by atoms with Crippen LogP contribution in [0, 0.1) is 5.92 Å². The summed E-state index contributed by atoms with van der Waals surface area (Å²) in [6.07, 6.45) is 6.21. The molecule has 104 valence electrons. The minimum absolute atomic E-state index is 0.0738. The maximum Gasteiger partial charge on any atom is 0.227 e. The van der Waals surface area contributed by atoms with E-state index in [1.807, 2.05) is 24.1 Å². The third-order valence-electron chi connectivity index (χ3n) is 4.52. The standard InChI is InChI=1S/C14H22N4O/c1-10-4-3-5-18(10)14(19)13-8-15-7-12(13)11-6-16-17(2)9-11/h6,9-10,12-13,15H,3-5,7-8H2,1-2H3/t10?,12-,13+/m1/s1. The van der Waals surface area contributed by atoms with Gasteiger partial charge in [0, 0.05) is 44.8 Å². The van der Waals surface area contributed by atoms with Crippen LogP contribution < -0.4 is 5.32 Å². The molecule has 0 spiro atoms. The predicted molar refractivity (Wildman–Crippen MR) is 72.7 cm³/mol. The van der Waals surface area contributed by atoms with Gasteiger partial charge in [0.05, 0.1) is 12.1 Å². The highest BCUT2D eigenvalue weighted by Gasteiger charge is 2.39. The number of nitrogens with one attached hydrogen (secondary N) is 1. The van der Waals surface area contributed by atoms with Crippen LogP contribution in [0.2, 0.25) is 0 Å². The first-order valence-corrected chi connectivity index (χ1v) is 7.16. The molecule has 2 fully saturated rings. The van der Waals surface area contributed by atoms with Gasteiger partial charge < -0.3 is 10.2 Å². The molecule has 5 heteroatoms. The largest absolute Gasteiger partial charge is 0.340 e. The Kier molecular flexibility index (Phi) is 3.31. The number of aryl methyl sites for hydroxylation is 1. The number of nitrogens with zero attached hydrogens (tertiary/aromatic N) is 3. The normalized spacial score (nSPS) is 31.1. The van der Waals surface area contributed by atoms with Gasteiger partial charge in [0.25, 0.3) is 0 Å². The Labute approximate surface area is 114 Å². The number of likely N-dealkylation sites (tertiary alicyclic amines) is 1. The summed E-state index contributed by atoms with van der Waals surface area (Å²) in [5.74, 6) is 0.669. The molecule has 1 aromatic rings. The van der Waals surface area contributed by atoms with E-state index in [0.717, 1.165) is 32.5 Å². The number of amides is 1. The maximum absolute atomic E-state index is 12.7. The van der Waals surface area contributed by atoms with E-state index in [2.05, 4.69) is 22.2 Å². The molecule has 3 rings (SSSR count). The van der Waals surface area contributed by atoms with Crippen molar-refractivity contribution in [3.05, 3.63) is 18.0 Å². The molecule has 0 saturated carbocycles. The first-order valence-electron chi connectivity index (χ1n) is 7.16. The van der Waals surface area contributed by atoms with Gasteiger partial charge in [-0.05, 0) is 25.3 Å². The van der Waals surface area contributed by atoms with Crippen LogP contribution in [0.25, 0.3) is 0 Å². The monoisotopic (exact) mass is 262 g/mol. The summed E-state index contributed by atoms with van der Waals surface area (Å²) in [5, 5.41) is 7.60. The molecule has 1 N–H and O–H groups in total. The van der Waals surface area contributed by atoms with Crippen LogP contribution in [-0.4, -0.2) is 46.3 Å². The summed E-state index contributed by atoms with van der Waals surface area (Å²) in [7, 11) is 1.92. The van der Waals surface area contributed by atoms with Crippen LogP contribution in [0.1, 0.15) is 31.2 Å². The van der Waals surface area contributed by atoms with Crippen LogP contribution in [-0.2, 0) is 11.8 Å². The van der Waals surface area contributed by atoms with Gasteiger partial charge in [0.2, 0.25) is 5.91 Å². The average Bonchev–Trinajstić information content (AvgIpc) is 3.07. The highest BCUT2D eigenvalue weighted by molar-refractivity contribution is 5.81. The number of hydrogen-bond donors (Lipinski definition) is 1.